The second-order valence-electron chi connectivity index (χ2n) is 5.82. The third-order valence-corrected chi connectivity index (χ3v) is 4.46. The van der Waals surface area contributed by atoms with Crippen LogP contribution in [0.2, 0.25) is 5.02 Å². The smallest absolute Gasteiger partial charge is 0.183 e. The molecule has 3 N–H and O–H groups in total. The van der Waals surface area contributed by atoms with E-state index in [1.165, 1.54) is 0 Å². The Morgan fingerprint density at radius 1 is 1.08 bits per heavy atom. The highest BCUT2D eigenvalue weighted by molar-refractivity contribution is 6.35. The van der Waals surface area contributed by atoms with Gasteiger partial charge in [-0.05, 0) is 19.1 Å². The van der Waals surface area contributed by atoms with Crippen LogP contribution in [0, 0.1) is 18.3 Å². The van der Waals surface area contributed by atoms with E-state index < -0.39 is 0 Å². The number of nitrogens with two attached hydrogens (primary N) is 1. The zero-order valence-electron chi connectivity index (χ0n) is 13.8. The summed E-state index contributed by atoms with van der Waals surface area (Å²) in [4.78, 5) is 8.90. The number of rotatable bonds is 2. The van der Waals surface area contributed by atoms with Crippen molar-refractivity contribution < 1.29 is 0 Å². The number of hydrogen-bond donors (Lipinski definition) is 2. The first kappa shape index (κ1) is 16.1. The molecule has 0 aliphatic heterocycles. The van der Waals surface area contributed by atoms with Gasteiger partial charge in [0.05, 0.1) is 27.6 Å². The Labute approximate surface area is 154 Å². The van der Waals surface area contributed by atoms with Crippen molar-refractivity contribution in [2.75, 3.05) is 5.73 Å². The number of nitrogens with one attached hydrogen (secondary N) is 1. The number of nitrogens with zero attached hydrogens (tertiary/aromatic N) is 4. The summed E-state index contributed by atoms with van der Waals surface area (Å²) >= 11 is 6.42. The summed E-state index contributed by atoms with van der Waals surface area (Å²) in [5.41, 5.74) is 10.3. The van der Waals surface area contributed by atoms with Gasteiger partial charge in [-0.15, -0.1) is 0 Å². The van der Waals surface area contributed by atoms with Crippen LogP contribution in [0.15, 0.2) is 42.5 Å². The second-order valence-corrected chi connectivity index (χ2v) is 6.23. The molecular weight excluding hydrogens is 348 g/mol. The van der Waals surface area contributed by atoms with E-state index in [0.29, 0.717) is 16.4 Å². The lowest BCUT2D eigenvalue weighted by molar-refractivity contribution is 1.07. The summed E-state index contributed by atoms with van der Waals surface area (Å²) in [6.45, 7) is 1.90. The molecule has 0 amide bonds. The standard InChI is InChI=1S/C19H13ClN6/c1-10-13-7-12(8-14(20)18(13)26-25-10)17-16(11-5-3-2-4-6-11)24-19(22)15(9-21)23-17/h2-8H,1H3,(H2,22,24)(H,25,26). The number of benzene rings is 2. The van der Waals surface area contributed by atoms with Gasteiger partial charge in [0.1, 0.15) is 6.07 Å². The fourth-order valence-corrected chi connectivity index (χ4v) is 3.13. The number of aryl methyl sites for hydroxylation is 1. The molecule has 4 aromatic rings. The third kappa shape index (κ3) is 2.55. The van der Waals surface area contributed by atoms with Crippen molar-refractivity contribution in [3.8, 4) is 28.6 Å². The first-order chi connectivity index (χ1) is 12.6. The quantitative estimate of drug-likeness (QED) is 0.560. The molecule has 0 atom stereocenters. The van der Waals surface area contributed by atoms with E-state index in [1.54, 1.807) is 6.07 Å². The van der Waals surface area contributed by atoms with Gasteiger partial charge in [-0.25, -0.2) is 9.97 Å². The Morgan fingerprint density at radius 3 is 2.54 bits per heavy atom. The lowest BCUT2D eigenvalue weighted by Crippen LogP contribution is -2.03. The van der Waals surface area contributed by atoms with Crippen molar-refractivity contribution in [1.82, 2.24) is 20.2 Å². The molecule has 0 fully saturated rings. The van der Waals surface area contributed by atoms with Gasteiger partial charge in [0.2, 0.25) is 0 Å². The molecule has 0 saturated carbocycles. The minimum Gasteiger partial charge on any atom is -0.381 e. The minimum absolute atomic E-state index is 0.0832. The number of nitriles is 1. The molecule has 4 rings (SSSR count). The van der Waals surface area contributed by atoms with E-state index in [4.69, 9.17) is 17.3 Å². The van der Waals surface area contributed by atoms with E-state index in [9.17, 15) is 5.26 Å². The van der Waals surface area contributed by atoms with Crippen molar-refractivity contribution in [3.05, 3.63) is 58.9 Å². The summed E-state index contributed by atoms with van der Waals surface area (Å²) in [5, 5.41) is 17.9. The van der Waals surface area contributed by atoms with Gasteiger partial charge >= 0.3 is 0 Å². The number of H-pyrrole nitrogens is 1. The largest absolute Gasteiger partial charge is 0.381 e. The minimum atomic E-state index is 0.0832. The SMILES string of the molecule is Cc1n[nH]c2c(Cl)cc(-c3nc(C#N)c(N)nc3-c3ccccc3)cc12. The van der Waals surface area contributed by atoms with Crippen LogP contribution in [0.1, 0.15) is 11.4 Å². The van der Waals surface area contributed by atoms with Crippen molar-refractivity contribution >= 4 is 28.3 Å². The van der Waals surface area contributed by atoms with Gasteiger partial charge in [0.15, 0.2) is 11.5 Å². The number of halogens is 1. The molecule has 126 valence electrons. The first-order valence-electron chi connectivity index (χ1n) is 7.86. The van der Waals surface area contributed by atoms with Crippen LogP contribution in [0.5, 0.6) is 0 Å². The van der Waals surface area contributed by atoms with Gasteiger partial charge < -0.3 is 5.73 Å². The topological polar surface area (TPSA) is 104 Å². The molecule has 0 saturated heterocycles. The van der Waals surface area contributed by atoms with Crippen molar-refractivity contribution in [3.63, 3.8) is 0 Å². The number of aromatic amines is 1. The van der Waals surface area contributed by atoms with Crippen LogP contribution < -0.4 is 5.73 Å². The molecule has 2 aromatic carbocycles. The summed E-state index contributed by atoms with van der Waals surface area (Å²) < 4.78 is 0. The molecule has 6 nitrogen and oxygen atoms in total. The van der Waals surface area contributed by atoms with Crippen LogP contribution in [0.4, 0.5) is 5.82 Å². The van der Waals surface area contributed by atoms with Crippen LogP contribution in [-0.4, -0.2) is 20.2 Å². The van der Waals surface area contributed by atoms with Gasteiger partial charge in [0, 0.05) is 16.5 Å². The Balaban J connectivity index is 2.05. The zero-order valence-corrected chi connectivity index (χ0v) is 14.5. The lowest BCUT2D eigenvalue weighted by Gasteiger charge is -2.11. The first-order valence-corrected chi connectivity index (χ1v) is 8.24. The van der Waals surface area contributed by atoms with Crippen molar-refractivity contribution in [2.24, 2.45) is 0 Å². The molecule has 0 radical (unpaired) electrons. The molecule has 26 heavy (non-hydrogen) atoms. The summed E-state index contributed by atoms with van der Waals surface area (Å²) in [5.74, 6) is 0.0989. The molecule has 2 heterocycles. The summed E-state index contributed by atoms with van der Waals surface area (Å²) in [7, 11) is 0. The average molecular weight is 361 g/mol. The summed E-state index contributed by atoms with van der Waals surface area (Å²) in [6.07, 6.45) is 0. The Hall–Kier alpha value is -3.43. The number of aromatic nitrogens is 4. The fourth-order valence-electron chi connectivity index (χ4n) is 2.87. The van der Waals surface area contributed by atoms with Crippen LogP contribution in [0.3, 0.4) is 0 Å². The van der Waals surface area contributed by atoms with Crippen LogP contribution in [0.25, 0.3) is 33.4 Å². The number of fused-ring (bicyclic) bond motifs is 1. The Kier molecular flexibility index (Phi) is 3.79. The van der Waals surface area contributed by atoms with Crippen LogP contribution >= 0.6 is 11.6 Å². The maximum atomic E-state index is 9.32. The third-order valence-electron chi connectivity index (χ3n) is 4.16. The van der Waals surface area contributed by atoms with E-state index in [0.717, 1.165) is 27.7 Å². The van der Waals surface area contributed by atoms with Gasteiger partial charge in [-0.1, -0.05) is 41.9 Å². The highest BCUT2D eigenvalue weighted by Gasteiger charge is 2.17. The highest BCUT2D eigenvalue weighted by Crippen LogP contribution is 2.35. The van der Waals surface area contributed by atoms with E-state index in [-0.39, 0.29) is 11.5 Å². The average Bonchev–Trinajstić information content (AvgIpc) is 3.04. The molecule has 0 aliphatic rings. The number of anilines is 1. The Morgan fingerprint density at radius 2 is 1.81 bits per heavy atom. The van der Waals surface area contributed by atoms with E-state index in [1.807, 2.05) is 49.4 Å². The summed E-state index contributed by atoms with van der Waals surface area (Å²) in [6, 6.07) is 15.3. The monoisotopic (exact) mass is 360 g/mol. The molecular formula is C19H13ClN6. The van der Waals surface area contributed by atoms with Gasteiger partial charge in [0.25, 0.3) is 0 Å². The van der Waals surface area contributed by atoms with Gasteiger partial charge in [-0.2, -0.15) is 10.4 Å². The van der Waals surface area contributed by atoms with E-state index in [2.05, 4.69) is 20.2 Å². The predicted molar refractivity (Wildman–Crippen MR) is 101 cm³/mol. The maximum Gasteiger partial charge on any atom is 0.183 e. The normalized spacial score (nSPS) is 10.8. The van der Waals surface area contributed by atoms with Crippen LogP contribution in [-0.2, 0) is 0 Å². The van der Waals surface area contributed by atoms with E-state index >= 15 is 0 Å². The Bertz CT molecular complexity index is 1170. The lowest BCUT2D eigenvalue weighted by atomic mass is 10.0. The number of hydrogen-bond acceptors (Lipinski definition) is 5. The molecule has 0 spiro atoms. The maximum absolute atomic E-state index is 9.32. The zero-order chi connectivity index (χ0) is 18.3. The van der Waals surface area contributed by atoms with Crippen molar-refractivity contribution in [1.29, 1.82) is 5.26 Å². The van der Waals surface area contributed by atoms with Crippen molar-refractivity contribution in [2.45, 2.75) is 6.92 Å². The molecule has 2 aromatic heterocycles. The highest BCUT2D eigenvalue weighted by atomic mass is 35.5. The fraction of sp³-hybridized carbons (Fsp3) is 0.0526. The molecule has 0 unspecified atom stereocenters. The van der Waals surface area contributed by atoms with Gasteiger partial charge in [-0.3, -0.25) is 5.10 Å². The second kappa shape index (κ2) is 6.14. The molecule has 0 aliphatic carbocycles. The molecule has 0 bridgehead atoms. The predicted octanol–water partition coefficient (Wildman–Crippen LogP) is 4.10. The molecule has 7 heteroatoms. The number of nitrogen functional groups attached to an aromatic ring is 1.